The molecule has 0 aromatic carbocycles. The second kappa shape index (κ2) is 7.61. The monoisotopic (exact) mass is 264 g/mol. The van der Waals surface area contributed by atoms with Gasteiger partial charge in [-0.05, 0) is 25.0 Å². The fourth-order valence-electron chi connectivity index (χ4n) is 2.05. The molecule has 0 amide bonds. The van der Waals surface area contributed by atoms with E-state index in [-0.39, 0.29) is 5.84 Å². The fourth-order valence-corrected chi connectivity index (χ4v) is 2.05. The second-order valence-electron chi connectivity index (χ2n) is 4.61. The first-order valence-electron chi connectivity index (χ1n) is 6.85. The van der Waals surface area contributed by atoms with E-state index in [0.29, 0.717) is 11.6 Å². The van der Waals surface area contributed by atoms with Crippen molar-refractivity contribution in [2.24, 2.45) is 16.8 Å². The lowest BCUT2D eigenvalue weighted by molar-refractivity contribution is 0.318. The van der Waals surface area contributed by atoms with Crippen molar-refractivity contribution in [3.63, 3.8) is 0 Å². The zero-order chi connectivity index (χ0) is 14.3. The summed E-state index contributed by atoms with van der Waals surface area (Å²) in [7, 11) is 0. The minimum absolute atomic E-state index is 0.0367. The van der Waals surface area contributed by atoms with Crippen molar-refractivity contribution in [2.75, 3.05) is 18.0 Å². The quantitative estimate of drug-likeness (QED) is 0.343. The lowest BCUT2D eigenvalue weighted by Gasteiger charge is -2.27. The van der Waals surface area contributed by atoms with Gasteiger partial charge in [-0.3, -0.25) is 4.98 Å². The molecule has 1 rings (SSSR count). The Kier molecular flexibility index (Phi) is 6.12. The largest absolute Gasteiger partial charge is 0.409 e. The summed E-state index contributed by atoms with van der Waals surface area (Å²) in [5.41, 5.74) is 7.06. The Morgan fingerprint density at radius 3 is 2.47 bits per heavy atom. The van der Waals surface area contributed by atoms with Gasteiger partial charge in [-0.1, -0.05) is 31.8 Å². The molecule has 0 aliphatic rings. The normalized spacial score (nSPS) is 11.9. The maximum Gasteiger partial charge on any atom is 0.188 e. The van der Waals surface area contributed by atoms with Crippen molar-refractivity contribution in [1.82, 2.24) is 4.98 Å². The molecule has 5 nitrogen and oxygen atoms in total. The number of aromatic nitrogens is 1. The number of hydrogen-bond donors (Lipinski definition) is 2. The molecule has 5 heteroatoms. The van der Waals surface area contributed by atoms with Gasteiger partial charge in [0.05, 0.1) is 11.9 Å². The highest BCUT2D eigenvalue weighted by Crippen LogP contribution is 2.17. The number of anilines is 1. The average molecular weight is 264 g/mol. The highest BCUT2D eigenvalue weighted by molar-refractivity contribution is 5.95. The number of oxime groups is 1. The summed E-state index contributed by atoms with van der Waals surface area (Å²) in [6.45, 7) is 8.57. The first-order chi connectivity index (χ1) is 9.15. The van der Waals surface area contributed by atoms with E-state index < -0.39 is 0 Å². The molecule has 0 aliphatic heterocycles. The summed E-state index contributed by atoms with van der Waals surface area (Å²) in [5, 5.41) is 11.6. The Morgan fingerprint density at radius 2 is 2.05 bits per heavy atom. The molecule has 0 radical (unpaired) electrons. The third-order valence-corrected chi connectivity index (χ3v) is 3.50. The van der Waals surface area contributed by atoms with Gasteiger partial charge in [0.15, 0.2) is 5.84 Å². The van der Waals surface area contributed by atoms with E-state index in [9.17, 15) is 0 Å². The first-order valence-corrected chi connectivity index (χ1v) is 6.85. The topological polar surface area (TPSA) is 74.7 Å². The Bertz CT molecular complexity index is 398. The predicted octanol–water partition coefficient (Wildman–Crippen LogP) is 2.44. The number of nitrogens with two attached hydrogens (primary N) is 1. The molecule has 0 bridgehead atoms. The maximum absolute atomic E-state index is 8.61. The van der Waals surface area contributed by atoms with Gasteiger partial charge in [0.1, 0.15) is 5.69 Å². The third-order valence-electron chi connectivity index (χ3n) is 3.50. The maximum atomic E-state index is 8.61. The highest BCUT2D eigenvalue weighted by Gasteiger charge is 2.11. The lowest BCUT2D eigenvalue weighted by atomic mass is 10.0. The van der Waals surface area contributed by atoms with Gasteiger partial charge in [-0.2, -0.15) is 0 Å². The van der Waals surface area contributed by atoms with Gasteiger partial charge < -0.3 is 15.8 Å². The van der Waals surface area contributed by atoms with Crippen LogP contribution in [-0.2, 0) is 0 Å². The Balaban J connectivity index is 2.82. The molecule has 0 saturated carbocycles. The number of pyridine rings is 1. The molecule has 0 fully saturated rings. The number of rotatable bonds is 7. The van der Waals surface area contributed by atoms with Crippen molar-refractivity contribution in [3.05, 3.63) is 24.0 Å². The number of amidine groups is 1. The van der Waals surface area contributed by atoms with Gasteiger partial charge in [-0.15, -0.1) is 0 Å². The Morgan fingerprint density at radius 1 is 1.37 bits per heavy atom. The summed E-state index contributed by atoms with van der Waals surface area (Å²) >= 11 is 0. The standard InChI is InChI=1S/C14H24N4O/c1-4-11(5-2)10-18(6-3)12-7-8-13(16-9-12)14(15)17-19/h7-9,11,19H,4-6,10H2,1-3H3,(H2,15,17). The van der Waals surface area contributed by atoms with E-state index in [4.69, 9.17) is 10.9 Å². The van der Waals surface area contributed by atoms with Crippen LogP contribution >= 0.6 is 0 Å². The molecule has 0 aliphatic carbocycles. The van der Waals surface area contributed by atoms with Gasteiger partial charge in [0.25, 0.3) is 0 Å². The lowest BCUT2D eigenvalue weighted by Crippen LogP contribution is -2.29. The SMILES string of the molecule is CCC(CC)CN(CC)c1ccc(/C(N)=N/O)nc1. The summed E-state index contributed by atoms with van der Waals surface area (Å²) in [4.78, 5) is 6.53. The minimum atomic E-state index is 0.0367. The second-order valence-corrected chi connectivity index (χ2v) is 4.61. The number of nitrogens with zero attached hydrogens (tertiary/aromatic N) is 3. The van der Waals surface area contributed by atoms with Crippen LogP contribution in [0.2, 0.25) is 0 Å². The summed E-state index contributed by atoms with van der Waals surface area (Å²) in [6, 6.07) is 3.74. The van der Waals surface area contributed by atoms with Crippen LogP contribution < -0.4 is 10.6 Å². The Labute approximate surface area is 115 Å². The van der Waals surface area contributed by atoms with E-state index in [1.165, 1.54) is 12.8 Å². The number of hydrogen-bond acceptors (Lipinski definition) is 4. The summed E-state index contributed by atoms with van der Waals surface area (Å²) < 4.78 is 0. The predicted molar refractivity (Wildman–Crippen MR) is 78.7 cm³/mol. The average Bonchev–Trinajstić information content (AvgIpc) is 2.48. The molecule has 0 saturated heterocycles. The van der Waals surface area contributed by atoms with Crippen LogP contribution in [0.4, 0.5) is 5.69 Å². The van der Waals surface area contributed by atoms with E-state index >= 15 is 0 Å². The molecular formula is C14H24N4O. The fraction of sp³-hybridized carbons (Fsp3) is 0.571. The molecular weight excluding hydrogens is 240 g/mol. The van der Waals surface area contributed by atoms with Crippen molar-refractivity contribution in [1.29, 1.82) is 0 Å². The van der Waals surface area contributed by atoms with Crippen LogP contribution in [0.25, 0.3) is 0 Å². The molecule has 106 valence electrons. The van der Waals surface area contributed by atoms with Crippen molar-refractivity contribution in [3.8, 4) is 0 Å². The summed E-state index contributed by atoms with van der Waals surface area (Å²) in [5.74, 6) is 0.735. The first kappa shape index (κ1) is 15.3. The van der Waals surface area contributed by atoms with Crippen molar-refractivity contribution < 1.29 is 5.21 Å². The van der Waals surface area contributed by atoms with Crippen LogP contribution in [0.3, 0.4) is 0 Å². The molecule has 1 aromatic rings. The molecule has 19 heavy (non-hydrogen) atoms. The van der Waals surface area contributed by atoms with Crippen LogP contribution in [-0.4, -0.2) is 29.1 Å². The zero-order valence-electron chi connectivity index (χ0n) is 12.0. The van der Waals surface area contributed by atoms with Crippen LogP contribution in [0.15, 0.2) is 23.5 Å². The third kappa shape index (κ3) is 4.12. The zero-order valence-corrected chi connectivity index (χ0v) is 12.0. The van der Waals surface area contributed by atoms with Crippen molar-refractivity contribution >= 4 is 11.5 Å². The van der Waals surface area contributed by atoms with E-state index in [2.05, 4.69) is 35.8 Å². The van der Waals surface area contributed by atoms with Crippen molar-refractivity contribution in [2.45, 2.75) is 33.6 Å². The van der Waals surface area contributed by atoms with Gasteiger partial charge >= 0.3 is 0 Å². The van der Waals surface area contributed by atoms with Gasteiger partial charge in [-0.25, -0.2) is 0 Å². The van der Waals surface area contributed by atoms with Gasteiger partial charge in [0.2, 0.25) is 0 Å². The molecule has 1 heterocycles. The van der Waals surface area contributed by atoms with E-state index in [1.54, 1.807) is 12.3 Å². The Hall–Kier alpha value is -1.78. The molecule has 0 atom stereocenters. The van der Waals surface area contributed by atoms with Crippen LogP contribution in [0.5, 0.6) is 0 Å². The van der Waals surface area contributed by atoms with E-state index in [1.807, 2.05) is 6.07 Å². The molecule has 0 spiro atoms. The van der Waals surface area contributed by atoms with Crippen LogP contribution in [0.1, 0.15) is 39.3 Å². The summed E-state index contributed by atoms with van der Waals surface area (Å²) in [6.07, 6.45) is 4.14. The molecule has 3 N–H and O–H groups in total. The van der Waals surface area contributed by atoms with Gasteiger partial charge in [0, 0.05) is 13.1 Å². The minimum Gasteiger partial charge on any atom is -0.409 e. The highest BCUT2D eigenvalue weighted by atomic mass is 16.4. The smallest absolute Gasteiger partial charge is 0.188 e. The molecule has 1 aromatic heterocycles. The van der Waals surface area contributed by atoms with E-state index in [0.717, 1.165) is 18.8 Å². The molecule has 0 unspecified atom stereocenters. The van der Waals surface area contributed by atoms with Crippen LogP contribution in [0, 0.1) is 5.92 Å².